The molecule has 4 rings (SSSR count). The number of aliphatic hydroxyl groups is 1. The summed E-state index contributed by atoms with van der Waals surface area (Å²) in [5, 5.41) is 9.97. The molecule has 0 bridgehead atoms. The number of β-amino-alcohol motifs (C(OH)–C–C–N with tert-alkyl or cyclic N) is 1. The first-order valence-electron chi connectivity index (χ1n) is 10.9. The van der Waals surface area contributed by atoms with E-state index in [1.807, 2.05) is 0 Å². The third-order valence-corrected chi connectivity index (χ3v) is 6.07. The molecule has 0 aliphatic carbocycles. The van der Waals surface area contributed by atoms with Gasteiger partial charge in [-0.25, -0.2) is 4.39 Å². The minimum atomic E-state index is -4.91. The molecule has 1 aliphatic heterocycles. The highest BCUT2D eigenvalue weighted by atomic mass is 19.4. The highest BCUT2D eigenvalue weighted by Gasteiger charge is 2.46. The predicted molar refractivity (Wildman–Crippen MR) is 117 cm³/mol. The Morgan fingerprint density at radius 1 is 1.00 bits per heavy atom. The molecule has 1 unspecified atom stereocenters. The first-order chi connectivity index (χ1) is 16.9. The van der Waals surface area contributed by atoms with Crippen LogP contribution in [0.25, 0.3) is 0 Å². The first kappa shape index (κ1) is 25.7. The van der Waals surface area contributed by atoms with Crippen LogP contribution in [0.15, 0.2) is 66.9 Å². The summed E-state index contributed by atoms with van der Waals surface area (Å²) < 4.78 is 96.1. The molecule has 0 radical (unpaired) electrons. The largest absolute Gasteiger partial charge is 0.573 e. The van der Waals surface area contributed by atoms with E-state index in [4.69, 9.17) is 0 Å². The fraction of sp³-hybridized carbons (Fsp3) is 0.320. The summed E-state index contributed by atoms with van der Waals surface area (Å²) in [6.45, 7) is -1.09. The summed E-state index contributed by atoms with van der Waals surface area (Å²) in [5.74, 6) is -0.461. The molecule has 0 fully saturated rings. The number of rotatable bonds is 7. The zero-order chi connectivity index (χ0) is 26.1. The van der Waals surface area contributed by atoms with Crippen LogP contribution in [0, 0.1) is 0 Å². The van der Waals surface area contributed by atoms with Crippen LogP contribution in [0.4, 0.5) is 36.4 Å². The number of anilines is 1. The van der Waals surface area contributed by atoms with E-state index in [-0.39, 0.29) is 25.1 Å². The molecule has 0 saturated heterocycles. The average molecular weight is 514 g/mol. The van der Waals surface area contributed by atoms with E-state index in [0.29, 0.717) is 16.8 Å². The molecule has 1 aliphatic rings. The van der Waals surface area contributed by atoms with E-state index in [9.17, 15) is 35.8 Å². The topological polar surface area (TPSA) is 45.6 Å². The molecule has 0 amide bonds. The molecule has 2 heterocycles. The van der Waals surface area contributed by atoms with Crippen LogP contribution in [0.1, 0.15) is 22.4 Å². The van der Waals surface area contributed by atoms with Crippen molar-refractivity contribution in [2.75, 3.05) is 24.7 Å². The lowest BCUT2D eigenvalue weighted by Crippen LogP contribution is -2.40. The van der Waals surface area contributed by atoms with Crippen molar-refractivity contribution >= 4 is 5.69 Å². The number of halogens is 7. The zero-order valence-electron chi connectivity index (χ0n) is 18.7. The molecule has 0 saturated carbocycles. The number of nitrogens with zero attached hydrogens (tertiary/aromatic N) is 2. The normalized spacial score (nSPS) is 18.7. The second-order valence-electron chi connectivity index (χ2n) is 8.59. The van der Waals surface area contributed by atoms with Crippen LogP contribution in [-0.2, 0) is 18.0 Å². The van der Waals surface area contributed by atoms with Crippen molar-refractivity contribution in [2.24, 2.45) is 0 Å². The molecule has 4 nitrogen and oxygen atoms in total. The quantitative estimate of drug-likeness (QED) is 0.413. The summed E-state index contributed by atoms with van der Waals surface area (Å²) >= 11 is 0. The number of fused-ring (bicyclic) bond motifs is 1. The Kier molecular flexibility index (Phi) is 6.87. The summed E-state index contributed by atoms with van der Waals surface area (Å²) in [6, 6.07) is 14.4. The summed E-state index contributed by atoms with van der Waals surface area (Å²) in [5.41, 5.74) is -0.503. The fourth-order valence-electron chi connectivity index (χ4n) is 4.70. The number of aliphatic hydroxyl groups excluding tert-OH is 1. The third kappa shape index (κ3) is 5.40. The Hall–Kier alpha value is -3.34. The predicted octanol–water partition coefficient (Wildman–Crippen LogP) is 5.68. The van der Waals surface area contributed by atoms with Gasteiger partial charge in [-0.3, -0.25) is 4.98 Å². The Morgan fingerprint density at radius 3 is 2.44 bits per heavy atom. The Balaban J connectivity index is 1.86. The number of para-hydroxylation sites is 1. The van der Waals surface area contributed by atoms with Crippen molar-refractivity contribution in [1.29, 1.82) is 0 Å². The van der Waals surface area contributed by atoms with Crippen molar-refractivity contribution in [3.63, 3.8) is 0 Å². The van der Waals surface area contributed by atoms with Gasteiger partial charge in [0.05, 0.1) is 6.10 Å². The van der Waals surface area contributed by atoms with Crippen LogP contribution in [0.3, 0.4) is 0 Å². The SMILES string of the molecule is O[C@@H](CF)CN1CC(Cc2cccc(OC(F)(F)F)c2)(c2ccnc(C(F)(F)F)c2)c2ccccc21. The van der Waals surface area contributed by atoms with Crippen molar-refractivity contribution in [2.45, 2.75) is 30.5 Å². The molecule has 1 aromatic heterocycles. The highest BCUT2D eigenvalue weighted by Crippen LogP contribution is 2.48. The molecule has 192 valence electrons. The number of pyridine rings is 1. The molecule has 1 N–H and O–H groups in total. The maximum absolute atomic E-state index is 13.5. The van der Waals surface area contributed by atoms with Crippen LogP contribution in [-0.4, -0.2) is 42.3 Å². The number of hydrogen-bond donors (Lipinski definition) is 1. The van der Waals surface area contributed by atoms with Gasteiger partial charge in [0.25, 0.3) is 0 Å². The van der Waals surface area contributed by atoms with E-state index in [2.05, 4.69) is 9.72 Å². The number of ether oxygens (including phenoxy) is 1. The fourth-order valence-corrected chi connectivity index (χ4v) is 4.70. The first-order valence-corrected chi connectivity index (χ1v) is 10.9. The van der Waals surface area contributed by atoms with Crippen LogP contribution in [0.2, 0.25) is 0 Å². The zero-order valence-corrected chi connectivity index (χ0v) is 18.7. The maximum atomic E-state index is 13.5. The van der Waals surface area contributed by atoms with E-state index in [0.717, 1.165) is 18.3 Å². The second kappa shape index (κ2) is 9.61. The molecule has 11 heteroatoms. The van der Waals surface area contributed by atoms with Gasteiger partial charge in [-0.2, -0.15) is 13.2 Å². The highest BCUT2D eigenvalue weighted by molar-refractivity contribution is 5.67. The Labute approximate surface area is 202 Å². The van der Waals surface area contributed by atoms with Crippen LogP contribution < -0.4 is 9.64 Å². The monoisotopic (exact) mass is 514 g/mol. The van der Waals surface area contributed by atoms with Crippen LogP contribution >= 0.6 is 0 Å². The number of aromatic nitrogens is 1. The van der Waals surface area contributed by atoms with Crippen LogP contribution in [0.5, 0.6) is 5.75 Å². The standard InChI is InChI=1S/C25H21F7N2O2/c26-13-18(35)14-34-15-23(20-6-1-2-7-21(20)34,17-8-9-33-22(11-17)24(27,28)29)12-16-4-3-5-19(10-16)36-25(30,31)32/h1-11,18,35H,12-15H2/t18-,23?/m0/s1. The minimum absolute atomic E-state index is 0.00258. The molecule has 2 atom stereocenters. The lowest BCUT2D eigenvalue weighted by molar-refractivity contribution is -0.274. The third-order valence-electron chi connectivity index (χ3n) is 6.07. The average Bonchev–Trinajstić information content (AvgIpc) is 3.12. The molecule has 0 spiro atoms. The molecule has 36 heavy (non-hydrogen) atoms. The number of hydrogen-bond acceptors (Lipinski definition) is 4. The molecular formula is C25H21F7N2O2. The number of alkyl halides is 7. The van der Waals surface area contributed by atoms with Crippen molar-refractivity contribution in [3.8, 4) is 5.75 Å². The van der Waals surface area contributed by atoms with E-state index in [1.165, 1.54) is 18.2 Å². The molecule has 3 aromatic rings. The van der Waals surface area contributed by atoms with Gasteiger partial charge < -0.3 is 14.7 Å². The van der Waals surface area contributed by atoms with Gasteiger partial charge in [0.2, 0.25) is 0 Å². The Morgan fingerprint density at radius 2 is 1.75 bits per heavy atom. The van der Waals surface area contributed by atoms with Gasteiger partial charge in [-0.15, -0.1) is 13.2 Å². The summed E-state index contributed by atoms with van der Waals surface area (Å²) in [4.78, 5) is 5.11. The van der Waals surface area contributed by atoms with Crippen molar-refractivity contribution in [1.82, 2.24) is 4.98 Å². The van der Waals surface area contributed by atoms with Gasteiger partial charge in [0, 0.05) is 30.4 Å². The molecule has 2 aromatic carbocycles. The summed E-state index contributed by atoms with van der Waals surface area (Å²) in [6.07, 6.45) is -9.93. The minimum Gasteiger partial charge on any atom is -0.406 e. The maximum Gasteiger partial charge on any atom is 0.573 e. The molecular weight excluding hydrogens is 493 g/mol. The van der Waals surface area contributed by atoms with Gasteiger partial charge in [0.15, 0.2) is 0 Å². The summed E-state index contributed by atoms with van der Waals surface area (Å²) in [7, 11) is 0. The lowest BCUT2D eigenvalue weighted by Gasteiger charge is -2.32. The van der Waals surface area contributed by atoms with E-state index < -0.39 is 42.2 Å². The lowest BCUT2D eigenvalue weighted by atomic mass is 9.72. The van der Waals surface area contributed by atoms with Gasteiger partial charge in [-0.1, -0.05) is 30.3 Å². The van der Waals surface area contributed by atoms with Gasteiger partial charge in [0.1, 0.15) is 18.1 Å². The Bertz CT molecular complexity index is 1220. The number of benzene rings is 2. The van der Waals surface area contributed by atoms with E-state index >= 15 is 0 Å². The smallest absolute Gasteiger partial charge is 0.406 e. The van der Waals surface area contributed by atoms with Crippen molar-refractivity contribution < 1.29 is 40.6 Å². The van der Waals surface area contributed by atoms with Gasteiger partial charge >= 0.3 is 12.5 Å². The van der Waals surface area contributed by atoms with Crippen molar-refractivity contribution in [3.05, 3.63) is 89.2 Å². The van der Waals surface area contributed by atoms with Gasteiger partial charge in [-0.05, 0) is 53.4 Å². The van der Waals surface area contributed by atoms with E-state index in [1.54, 1.807) is 35.2 Å². The second-order valence-corrected chi connectivity index (χ2v) is 8.59.